The van der Waals surface area contributed by atoms with Gasteiger partial charge in [0.1, 0.15) is 0 Å². The fraction of sp³-hybridized carbons (Fsp3) is 0.556. The standard InChI is InChI=1S/C18H22N2O2S/c1-12-10-15(22-19-12)14-7-5-9-20(14)18(21)17-11-13-6-3-2-4-8-16(13)23-17/h10-11,14H,2-9H2,1H3. The highest BCUT2D eigenvalue weighted by atomic mass is 32.1. The summed E-state index contributed by atoms with van der Waals surface area (Å²) in [4.78, 5) is 17.3. The first kappa shape index (κ1) is 14.9. The van der Waals surface area contributed by atoms with Crippen LogP contribution in [-0.2, 0) is 12.8 Å². The predicted octanol–water partition coefficient (Wildman–Crippen LogP) is 4.29. The molecule has 1 amide bonds. The molecule has 1 saturated heterocycles. The van der Waals surface area contributed by atoms with Gasteiger partial charge >= 0.3 is 0 Å². The zero-order valence-electron chi connectivity index (χ0n) is 13.5. The van der Waals surface area contributed by atoms with Gasteiger partial charge < -0.3 is 9.42 Å². The number of thiophene rings is 1. The fourth-order valence-electron chi connectivity index (χ4n) is 3.76. The van der Waals surface area contributed by atoms with Crippen molar-refractivity contribution in [2.45, 2.75) is 57.9 Å². The highest BCUT2D eigenvalue weighted by molar-refractivity contribution is 7.14. The maximum Gasteiger partial charge on any atom is 0.264 e. The zero-order valence-corrected chi connectivity index (χ0v) is 14.3. The lowest BCUT2D eigenvalue weighted by Gasteiger charge is -2.21. The summed E-state index contributed by atoms with van der Waals surface area (Å²) < 4.78 is 5.42. The van der Waals surface area contributed by atoms with Crippen LogP contribution in [0.2, 0.25) is 0 Å². The van der Waals surface area contributed by atoms with E-state index in [-0.39, 0.29) is 11.9 Å². The van der Waals surface area contributed by atoms with Crippen LogP contribution < -0.4 is 0 Å². The summed E-state index contributed by atoms with van der Waals surface area (Å²) in [6, 6.07) is 4.15. The van der Waals surface area contributed by atoms with Gasteiger partial charge in [0.15, 0.2) is 5.76 Å². The van der Waals surface area contributed by atoms with E-state index in [4.69, 9.17) is 4.52 Å². The van der Waals surface area contributed by atoms with Gasteiger partial charge in [-0.1, -0.05) is 11.6 Å². The van der Waals surface area contributed by atoms with E-state index in [2.05, 4.69) is 11.2 Å². The molecule has 0 bridgehead atoms. The Labute approximate surface area is 140 Å². The molecule has 2 aromatic heterocycles. The molecule has 1 atom stereocenters. The lowest BCUT2D eigenvalue weighted by Crippen LogP contribution is -2.29. The lowest BCUT2D eigenvalue weighted by molar-refractivity contribution is 0.0719. The molecule has 5 heteroatoms. The minimum Gasteiger partial charge on any atom is -0.359 e. The number of amides is 1. The number of nitrogens with zero attached hydrogens (tertiary/aromatic N) is 2. The van der Waals surface area contributed by atoms with Crippen molar-refractivity contribution < 1.29 is 9.32 Å². The van der Waals surface area contributed by atoms with Gasteiger partial charge in [0.25, 0.3) is 5.91 Å². The van der Waals surface area contributed by atoms with Crippen LogP contribution in [0.5, 0.6) is 0 Å². The minimum atomic E-state index is 0.0469. The van der Waals surface area contributed by atoms with E-state index in [1.165, 1.54) is 29.7 Å². The van der Waals surface area contributed by atoms with Crippen LogP contribution in [-0.4, -0.2) is 22.5 Å². The molecule has 2 aliphatic rings. The van der Waals surface area contributed by atoms with Crippen molar-refractivity contribution in [1.29, 1.82) is 0 Å². The molecule has 1 fully saturated rings. The minimum absolute atomic E-state index is 0.0469. The molecule has 1 aliphatic heterocycles. The third-order valence-electron chi connectivity index (χ3n) is 4.95. The van der Waals surface area contributed by atoms with Gasteiger partial charge in [-0.2, -0.15) is 0 Å². The van der Waals surface area contributed by atoms with E-state index >= 15 is 0 Å². The summed E-state index contributed by atoms with van der Waals surface area (Å²) in [5, 5.41) is 3.98. The number of carbonyl (C=O) groups excluding carboxylic acids is 1. The quantitative estimate of drug-likeness (QED) is 0.772. The number of hydrogen-bond donors (Lipinski definition) is 0. The Morgan fingerprint density at radius 3 is 2.96 bits per heavy atom. The third-order valence-corrected chi connectivity index (χ3v) is 6.17. The van der Waals surface area contributed by atoms with Crippen molar-refractivity contribution in [1.82, 2.24) is 10.1 Å². The fourth-order valence-corrected chi connectivity index (χ4v) is 4.97. The molecule has 0 saturated carbocycles. The molecule has 0 spiro atoms. The smallest absolute Gasteiger partial charge is 0.264 e. The Balaban J connectivity index is 1.58. The van der Waals surface area contributed by atoms with Gasteiger partial charge in [-0.25, -0.2) is 0 Å². The maximum absolute atomic E-state index is 13.0. The first-order chi connectivity index (χ1) is 11.2. The summed E-state index contributed by atoms with van der Waals surface area (Å²) in [7, 11) is 0. The van der Waals surface area contributed by atoms with Crippen LogP contribution in [0.4, 0.5) is 0 Å². The van der Waals surface area contributed by atoms with Gasteiger partial charge in [-0.3, -0.25) is 4.79 Å². The molecular weight excluding hydrogens is 308 g/mol. The van der Waals surface area contributed by atoms with Gasteiger partial charge in [0, 0.05) is 17.5 Å². The van der Waals surface area contributed by atoms with E-state index in [1.807, 2.05) is 17.9 Å². The molecule has 0 N–H and O–H groups in total. The van der Waals surface area contributed by atoms with Gasteiger partial charge in [0.05, 0.1) is 16.6 Å². The average Bonchev–Trinajstić information content (AvgIpc) is 3.24. The highest BCUT2D eigenvalue weighted by Crippen LogP contribution is 2.36. The second kappa shape index (κ2) is 6.11. The summed E-state index contributed by atoms with van der Waals surface area (Å²) >= 11 is 1.71. The second-order valence-corrected chi connectivity index (χ2v) is 7.78. The molecule has 1 unspecified atom stereocenters. The van der Waals surface area contributed by atoms with E-state index in [0.29, 0.717) is 0 Å². The van der Waals surface area contributed by atoms with Crippen molar-refractivity contribution in [2.24, 2.45) is 0 Å². The summed E-state index contributed by atoms with van der Waals surface area (Å²) in [6.45, 7) is 2.73. The SMILES string of the molecule is Cc1cc(C2CCCN2C(=O)c2cc3c(s2)CCCCC3)on1. The molecule has 2 aromatic rings. The highest BCUT2D eigenvalue weighted by Gasteiger charge is 2.34. The number of aryl methyl sites for hydroxylation is 3. The van der Waals surface area contributed by atoms with E-state index < -0.39 is 0 Å². The largest absolute Gasteiger partial charge is 0.359 e. The topological polar surface area (TPSA) is 46.3 Å². The maximum atomic E-state index is 13.0. The van der Waals surface area contributed by atoms with Crippen molar-refractivity contribution in [3.05, 3.63) is 38.9 Å². The molecule has 4 nitrogen and oxygen atoms in total. The van der Waals surface area contributed by atoms with E-state index in [1.54, 1.807) is 11.3 Å². The Bertz CT molecular complexity index is 695. The molecule has 0 radical (unpaired) electrons. The first-order valence-electron chi connectivity index (χ1n) is 8.58. The number of rotatable bonds is 2. The Morgan fingerprint density at radius 2 is 2.13 bits per heavy atom. The summed E-state index contributed by atoms with van der Waals surface area (Å²) in [5.41, 5.74) is 2.28. The molecule has 122 valence electrons. The van der Waals surface area contributed by atoms with Gasteiger partial charge in [-0.15, -0.1) is 11.3 Å². The monoisotopic (exact) mass is 330 g/mol. The second-order valence-electron chi connectivity index (χ2n) is 6.65. The number of carbonyl (C=O) groups is 1. The van der Waals surface area contributed by atoms with Crippen LogP contribution in [0.25, 0.3) is 0 Å². The van der Waals surface area contributed by atoms with Crippen molar-refractivity contribution >= 4 is 17.2 Å². The predicted molar refractivity (Wildman–Crippen MR) is 89.8 cm³/mol. The Morgan fingerprint density at radius 1 is 1.26 bits per heavy atom. The van der Waals surface area contributed by atoms with Crippen LogP contribution in [0.15, 0.2) is 16.7 Å². The van der Waals surface area contributed by atoms with E-state index in [0.717, 1.165) is 48.6 Å². The summed E-state index contributed by atoms with van der Waals surface area (Å²) in [5.74, 6) is 0.992. The van der Waals surface area contributed by atoms with Gasteiger partial charge in [-0.05, 0) is 57.1 Å². The number of aromatic nitrogens is 1. The Kier molecular flexibility index (Phi) is 3.97. The summed E-state index contributed by atoms with van der Waals surface area (Å²) in [6.07, 6.45) is 8.07. The molecule has 3 heterocycles. The van der Waals surface area contributed by atoms with E-state index in [9.17, 15) is 4.79 Å². The average molecular weight is 330 g/mol. The van der Waals surface area contributed by atoms with Crippen LogP contribution >= 0.6 is 11.3 Å². The normalized spacial score (nSPS) is 21.3. The molecule has 0 aromatic carbocycles. The number of hydrogen-bond acceptors (Lipinski definition) is 4. The number of fused-ring (bicyclic) bond motifs is 1. The third kappa shape index (κ3) is 2.82. The van der Waals surface area contributed by atoms with Crippen molar-refractivity contribution in [3.8, 4) is 0 Å². The molecule has 23 heavy (non-hydrogen) atoms. The molecular formula is C18H22N2O2S. The zero-order chi connectivity index (χ0) is 15.8. The van der Waals surface area contributed by atoms with Crippen LogP contribution in [0, 0.1) is 6.92 Å². The lowest BCUT2D eigenvalue weighted by atomic mass is 10.1. The van der Waals surface area contributed by atoms with Gasteiger partial charge in [0.2, 0.25) is 0 Å². The Hall–Kier alpha value is -1.62. The number of likely N-dealkylation sites (tertiary alicyclic amines) is 1. The van der Waals surface area contributed by atoms with Crippen molar-refractivity contribution in [2.75, 3.05) is 6.54 Å². The molecule has 1 aliphatic carbocycles. The molecule has 4 rings (SSSR count). The van der Waals surface area contributed by atoms with Crippen LogP contribution in [0.1, 0.15) is 69.7 Å². The van der Waals surface area contributed by atoms with Crippen molar-refractivity contribution in [3.63, 3.8) is 0 Å². The van der Waals surface area contributed by atoms with Crippen LogP contribution in [0.3, 0.4) is 0 Å². The first-order valence-corrected chi connectivity index (χ1v) is 9.40.